The highest BCUT2D eigenvalue weighted by Crippen LogP contribution is 2.27. The van der Waals surface area contributed by atoms with Crippen molar-refractivity contribution in [1.82, 2.24) is 4.98 Å². The molecule has 88 valence electrons. The highest BCUT2D eigenvalue weighted by Gasteiger charge is 2.22. The highest BCUT2D eigenvalue weighted by molar-refractivity contribution is 7.99. The van der Waals surface area contributed by atoms with E-state index in [9.17, 15) is 0 Å². The number of nitrogens with zero attached hydrogens (tertiary/aromatic N) is 2. The van der Waals surface area contributed by atoms with Crippen LogP contribution in [0.25, 0.3) is 0 Å². The first-order valence-electron chi connectivity index (χ1n) is 5.69. The molecule has 3 nitrogen and oxygen atoms in total. The average molecular weight is 237 g/mol. The minimum atomic E-state index is 0.569. The van der Waals surface area contributed by atoms with Crippen LogP contribution in [0.1, 0.15) is 17.5 Å². The first-order chi connectivity index (χ1) is 7.74. The lowest BCUT2D eigenvalue weighted by molar-refractivity contribution is 0.687. The fourth-order valence-electron chi connectivity index (χ4n) is 2.13. The van der Waals surface area contributed by atoms with E-state index < -0.39 is 0 Å². The Morgan fingerprint density at radius 3 is 3.06 bits per heavy atom. The Bertz CT molecular complexity index is 361. The molecule has 1 saturated heterocycles. The number of hydrogen-bond donors (Lipinski definition) is 1. The number of aryl methyl sites for hydroxylation is 1. The Hall–Kier alpha value is -0.740. The lowest BCUT2D eigenvalue weighted by atomic mass is 10.1. The largest absolute Gasteiger partial charge is 0.356 e. The van der Waals surface area contributed by atoms with Gasteiger partial charge in [-0.1, -0.05) is 0 Å². The smallest absolute Gasteiger partial charge is 0.133 e. The molecule has 1 fully saturated rings. The molecule has 1 atom stereocenters. The third-order valence-electron chi connectivity index (χ3n) is 3.26. The van der Waals surface area contributed by atoms with Crippen molar-refractivity contribution >= 4 is 17.6 Å². The quantitative estimate of drug-likeness (QED) is 0.870. The van der Waals surface area contributed by atoms with Gasteiger partial charge in [-0.15, -0.1) is 0 Å². The van der Waals surface area contributed by atoms with Gasteiger partial charge in [0.15, 0.2) is 0 Å². The Balaban J connectivity index is 2.27. The molecule has 0 aromatic carbocycles. The van der Waals surface area contributed by atoms with Crippen molar-refractivity contribution in [3.63, 3.8) is 0 Å². The molecule has 2 N–H and O–H groups in total. The van der Waals surface area contributed by atoms with E-state index in [1.807, 2.05) is 24.0 Å². The van der Waals surface area contributed by atoms with Crippen LogP contribution in [0.3, 0.4) is 0 Å². The molecule has 4 heteroatoms. The van der Waals surface area contributed by atoms with Crippen LogP contribution in [0.2, 0.25) is 0 Å². The Kier molecular flexibility index (Phi) is 3.71. The van der Waals surface area contributed by atoms with Gasteiger partial charge in [0.1, 0.15) is 5.82 Å². The van der Waals surface area contributed by atoms with Gasteiger partial charge in [0.05, 0.1) is 0 Å². The van der Waals surface area contributed by atoms with Gasteiger partial charge in [-0.2, -0.15) is 11.8 Å². The third-order valence-corrected chi connectivity index (χ3v) is 4.40. The van der Waals surface area contributed by atoms with Gasteiger partial charge in [-0.25, -0.2) is 4.98 Å². The van der Waals surface area contributed by atoms with Crippen LogP contribution in [-0.4, -0.2) is 29.6 Å². The minimum absolute atomic E-state index is 0.569. The second kappa shape index (κ2) is 5.06. The van der Waals surface area contributed by atoms with Crippen molar-refractivity contribution in [3.05, 3.63) is 23.4 Å². The number of hydrogen-bond acceptors (Lipinski definition) is 4. The summed E-state index contributed by atoms with van der Waals surface area (Å²) in [6, 6.07) is 2.65. The zero-order valence-electron chi connectivity index (χ0n) is 9.94. The fourth-order valence-corrected chi connectivity index (χ4v) is 3.40. The Morgan fingerprint density at radius 2 is 2.44 bits per heavy atom. The summed E-state index contributed by atoms with van der Waals surface area (Å²) in [7, 11) is 2.14. The summed E-state index contributed by atoms with van der Waals surface area (Å²) < 4.78 is 0. The molecule has 1 aliphatic rings. The van der Waals surface area contributed by atoms with E-state index in [0.29, 0.717) is 12.6 Å². The number of pyridine rings is 1. The fraction of sp³-hybridized carbons (Fsp3) is 0.583. The molecule has 1 aromatic rings. The normalized spacial score (nSPS) is 20.1. The summed E-state index contributed by atoms with van der Waals surface area (Å²) in [6.07, 6.45) is 3.13. The monoisotopic (exact) mass is 237 g/mol. The van der Waals surface area contributed by atoms with E-state index >= 15 is 0 Å². The summed E-state index contributed by atoms with van der Waals surface area (Å²) in [5.41, 5.74) is 8.24. The van der Waals surface area contributed by atoms with Crippen LogP contribution in [0.4, 0.5) is 5.82 Å². The molecule has 16 heavy (non-hydrogen) atoms. The van der Waals surface area contributed by atoms with Gasteiger partial charge >= 0.3 is 0 Å². The van der Waals surface area contributed by atoms with Gasteiger partial charge in [0.25, 0.3) is 0 Å². The van der Waals surface area contributed by atoms with E-state index in [4.69, 9.17) is 5.73 Å². The Morgan fingerprint density at radius 1 is 1.62 bits per heavy atom. The molecule has 0 amide bonds. The standard InChI is InChI=1S/C12H19N3S/c1-9-3-5-14-12(11(9)7-13)15(2)10-4-6-16-8-10/h3,5,10H,4,6-8,13H2,1-2H3. The predicted octanol–water partition coefficient (Wildman–Crippen LogP) is 1.79. The van der Waals surface area contributed by atoms with Gasteiger partial charge in [0, 0.05) is 37.1 Å². The lowest BCUT2D eigenvalue weighted by Crippen LogP contribution is -2.33. The predicted molar refractivity (Wildman–Crippen MR) is 71.0 cm³/mol. The highest BCUT2D eigenvalue weighted by atomic mass is 32.2. The van der Waals surface area contributed by atoms with Crippen LogP contribution >= 0.6 is 11.8 Å². The molecule has 0 aliphatic carbocycles. The van der Waals surface area contributed by atoms with E-state index in [0.717, 1.165) is 5.82 Å². The minimum Gasteiger partial charge on any atom is -0.356 e. The molecular weight excluding hydrogens is 218 g/mol. The summed E-state index contributed by atoms with van der Waals surface area (Å²) in [5, 5.41) is 0. The maximum atomic E-state index is 5.82. The van der Waals surface area contributed by atoms with Gasteiger partial charge < -0.3 is 10.6 Å². The molecule has 0 spiro atoms. The number of anilines is 1. The van der Waals surface area contributed by atoms with Crippen LogP contribution < -0.4 is 10.6 Å². The maximum absolute atomic E-state index is 5.82. The molecule has 1 aliphatic heterocycles. The number of rotatable bonds is 3. The van der Waals surface area contributed by atoms with Crippen LogP contribution in [0.5, 0.6) is 0 Å². The van der Waals surface area contributed by atoms with Crippen LogP contribution in [0, 0.1) is 6.92 Å². The lowest BCUT2D eigenvalue weighted by Gasteiger charge is -2.27. The van der Waals surface area contributed by atoms with Crippen molar-refractivity contribution in [2.75, 3.05) is 23.5 Å². The number of aromatic nitrogens is 1. The SMILES string of the molecule is Cc1ccnc(N(C)C2CCSC2)c1CN. The molecule has 1 aromatic heterocycles. The summed E-state index contributed by atoms with van der Waals surface area (Å²) in [6.45, 7) is 2.67. The third kappa shape index (κ3) is 2.18. The molecular formula is C12H19N3S. The van der Waals surface area contributed by atoms with Gasteiger partial charge in [-0.3, -0.25) is 0 Å². The van der Waals surface area contributed by atoms with E-state index in [2.05, 4.69) is 23.9 Å². The van der Waals surface area contributed by atoms with E-state index in [1.165, 1.54) is 29.1 Å². The van der Waals surface area contributed by atoms with E-state index in [1.54, 1.807) is 0 Å². The van der Waals surface area contributed by atoms with Crippen molar-refractivity contribution in [2.24, 2.45) is 5.73 Å². The summed E-state index contributed by atoms with van der Waals surface area (Å²) in [5.74, 6) is 3.53. The maximum Gasteiger partial charge on any atom is 0.133 e. The molecule has 1 unspecified atom stereocenters. The summed E-state index contributed by atoms with van der Waals surface area (Å²) in [4.78, 5) is 6.79. The van der Waals surface area contributed by atoms with E-state index in [-0.39, 0.29) is 0 Å². The topological polar surface area (TPSA) is 42.2 Å². The molecule has 0 radical (unpaired) electrons. The second-order valence-corrected chi connectivity index (χ2v) is 5.41. The van der Waals surface area contributed by atoms with Crippen molar-refractivity contribution < 1.29 is 0 Å². The van der Waals surface area contributed by atoms with Gasteiger partial charge in [0.2, 0.25) is 0 Å². The second-order valence-electron chi connectivity index (χ2n) is 4.26. The molecule has 2 heterocycles. The van der Waals surface area contributed by atoms with Crippen LogP contribution in [0.15, 0.2) is 12.3 Å². The number of thioether (sulfide) groups is 1. The van der Waals surface area contributed by atoms with Crippen LogP contribution in [-0.2, 0) is 6.54 Å². The van der Waals surface area contributed by atoms with Crippen molar-refractivity contribution in [1.29, 1.82) is 0 Å². The zero-order chi connectivity index (χ0) is 11.5. The molecule has 0 bridgehead atoms. The van der Waals surface area contributed by atoms with Gasteiger partial charge in [-0.05, 0) is 30.7 Å². The first-order valence-corrected chi connectivity index (χ1v) is 6.84. The average Bonchev–Trinajstić information content (AvgIpc) is 2.81. The van der Waals surface area contributed by atoms with Crippen molar-refractivity contribution in [3.8, 4) is 0 Å². The summed E-state index contributed by atoms with van der Waals surface area (Å²) >= 11 is 2.02. The first kappa shape index (κ1) is 11.7. The zero-order valence-corrected chi connectivity index (χ0v) is 10.8. The van der Waals surface area contributed by atoms with Crippen molar-refractivity contribution in [2.45, 2.75) is 25.9 Å². The molecule has 0 saturated carbocycles. The Labute approximate surface area is 101 Å². The number of nitrogens with two attached hydrogens (primary N) is 1. The molecule has 2 rings (SSSR count).